The van der Waals surface area contributed by atoms with Crippen LogP contribution in [0.4, 0.5) is 0 Å². The van der Waals surface area contributed by atoms with Gasteiger partial charge in [-0.1, -0.05) is 6.07 Å². The molecule has 1 aliphatic rings. The standard InChI is InChI=1S/C12H2Br6O/c13-4-2-1-3(6(14)7(4)15)5-8(16)9(17)10(18)12-11(5)19-12/h1-2H. The van der Waals surface area contributed by atoms with Crippen molar-refractivity contribution >= 4 is 95.6 Å². The highest BCUT2D eigenvalue weighted by Gasteiger charge is 2.34. The third-order valence-electron chi connectivity index (χ3n) is 2.70. The molecule has 19 heavy (non-hydrogen) atoms. The van der Waals surface area contributed by atoms with E-state index >= 15 is 0 Å². The average molecular weight is 642 g/mol. The van der Waals surface area contributed by atoms with Gasteiger partial charge in [0.05, 0.1) is 8.95 Å². The van der Waals surface area contributed by atoms with Crippen LogP contribution in [0, 0.1) is 0 Å². The minimum Gasteiger partial charge on any atom is -0.447 e. The summed E-state index contributed by atoms with van der Waals surface area (Å²) in [6, 6.07) is 4.04. The molecule has 0 bridgehead atoms. The van der Waals surface area contributed by atoms with E-state index in [-0.39, 0.29) is 0 Å². The molecule has 0 fully saturated rings. The molecular formula is C12H2Br6O. The first-order valence-electron chi connectivity index (χ1n) is 4.95. The number of fused-ring (bicyclic) bond motifs is 1. The Balaban J connectivity index is 2.32. The number of ether oxygens (including phenoxy) is 1. The Morgan fingerprint density at radius 1 is 0.632 bits per heavy atom. The topological polar surface area (TPSA) is 12.5 Å². The molecule has 0 saturated heterocycles. The van der Waals surface area contributed by atoms with Crippen LogP contribution in [0.3, 0.4) is 0 Å². The van der Waals surface area contributed by atoms with E-state index in [1.165, 1.54) is 0 Å². The summed E-state index contributed by atoms with van der Waals surface area (Å²) in [4.78, 5) is 0. The zero-order chi connectivity index (χ0) is 13.9. The maximum absolute atomic E-state index is 5.59. The summed E-state index contributed by atoms with van der Waals surface area (Å²) in [5.74, 6) is 1.79. The Bertz CT molecular complexity index is 725. The Hall–Kier alpha value is 1.12. The molecule has 2 aromatic rings. The van der Waals surface area contributed by atoms with Gasteiger partial charge in [-0.25, -0.2) is 0 Å². The second kappa shape index (κ2) is 5.39. The molecule has 98 valence electrons. The average Bonchev–Trinajstić information content (AvgIpc) is 3.16. The van der Waals surface area contributed by atoms with Gasteiger partial charge in [0.15, 0.2) is 11.5 Å². The van der Waals surface area contributed by atoms with E-state index in [2.05, 4.69) is 95.6 Å². The van der Waals surface area contributed by atoms with Crippen LogP contribution >= 0.6 is 95.6 Å². The predicted molar refractivity (Wildman–Crippen MR) is 98.2 cm³/mol. The van der Waals surface area contributed by atoms with Crippen LogP contribution in [0.1, 0.15) is 0 Å². The first kappa shape index (κ1) is 15.0. The van der Waals surface area contributed by atoms with Gasteiger partial charge in [-0.05, 0) is 102 Å². The van der Waals surface area contributed by atoms with Crippen molar-refractivity contribution in [2.75, 3.05) is 0 Å². The molecular weight excluding hydrogens is 640 g/mol. The van der Waals surface area contributed by atoms with Crippen molar-refractivity contribution < 1.29 is 4.74 Å². The first-order valence-corrected chi connectivity index (χ1v) is 9.71. The van der Waals surface area contributed by atoms with Crippen LogP contribution < -0.4 is 4.74 Å². The molecule has 7 heteroatoms. The third kappa shape index (κ3) is 2.42. The second-order valence-electron chi connectivity index (χ2n) is 3.80. The molecule has 0 N–H and O–H groups in total. The number of rotatable bonds is 1. The minimum absolute atomic E-state index is 0.885. The molecule has 0 aliphatic carbocycles. The lowest BCUT2D eigenvalue weighted by Crippen LogP contribution is -1.84. The Kier molecular flexibility index (Phi) is 4.27. The Labute approximate surface area is 160 Å². The van der Waals surface area contributed by atoms with Crippen LogP contribution in [0.2, 0.25) is 0 Å². The summed E-state index contributed by atoms with van der Waals surface area (Å²) < 4.78 is 11.4. The zero-order valence-electron chi connectivity index (χ0n) is 8.83. The summed E-state index contributed by atoms with van der Waals surface area (Å²) in [5.41, 5.74) is 2.09. The van der Waals surface area contributed by atoms with E-state index < -0.39 is 0 Å². The Morgan fingerprint density at radius 2 is 1.32 bits per heavy atom. The molecule has 0 unspecified atom stereocenters. The normalized spacial score (nSPS) is 12.1. The zero-order valence-corrected chi connectivity index (χ0v) is 18.3. The monoisotopic (exact) mass is 636 g/mol. The van der Waals surface area contributed by atoms with E-state index in [4.69, 9.17) is 4.74 Å². The number of hydrogen-bond acceptors (Lipinski definition) is 1. The molecule has 1 aliphatic heterocycles. The number of benzene rings is 2. The van der Waals surface area contributed by atoms with Gasteiger partial charge < -0.3 is 4.74 Å². The number of halogens is 6. The smallest absolute Gasteiger partial charge is 0.186 e. The molecule has 0 amide bonds. The van der Waals surface area contributed by atoms with E-state index in [1.807, 2.05) is 12.1 Å². The van der Waals surface area contributed by atoms with Crippen molar-refractivity contribution in [1.29, 1.82) is 0 Å². The van der Waals surface area contributed by atoms with Crippen molar-refractivity contribution in [3.05, 3.63) is 39.0 Å². The Morgan fingerprint density at radius 3 is 2.00 bits per heavy atom. The van der Waals surface area contributed by atoms with Gasteiger partial charge in [-0.15, -0.1) is 0 Å². The highest BCUT2D eigenvalue weighted by Crippen LogP contribution is 2.63. The van der Waals surface area contributed by atoms with E-state index in [9.17, 15) is 0 Å². The predicted octanol–water partition coefficient (Wildman–Crippen LogP) is 8.03. The highest BCUT2D eigenvalue weighted by molar-refractivity contribution is 9.15. The van der Waals surface area contributed by atoms with E-state index in [1.54, 1.807) is 0 Å². The largest absolute Gasteiger partial charge is 0.447 e. The SMILES string of the molecule is Brc1ccc(-c2c(Br)c(Br)c(Br)c3c2O3)c(Br)c1Br. The quantitative estimate of drug-likeness (QED) is 0.194. The summed E-state index contributed by atoms with van der Waals surface area (Å²) in [6.07, 6.45) is 0. The maximum atomic E-state index is 5.59. The van der Waals surface area contributed by atoms with Gasteiger partial charge in [-0.2, -0.15) is 0 Å². The van der Waals surface area contributed by atoms with Gasteiger partial charge in [0.1, 0.15) is 0 Å². The van der Waals surface area contributed by atoms with Gasteiger partial charge in [-0.3, -0.25) is 0 Å². The highest BCUT2D eigenvalue weighted by atomic mass is 79.9. The van der Waals surface area contributed by atoms with Gasteiger partial charge in [0.2, 0.25) is 0 Å². The lowest BCUT2D eigenvalue weighted by Gasteiger charge is -2.09. The number of hydrogen-bond donors (Lipinski definition) is 0. The lowest BCUT2D eigenvalue weighted by molar-refractivity contribution is 0.648. The summed E-state index contributed by atoms with van der Waals surface area (Å²) in [5, 5.41) is 0. The molecule has 0 saturated carbocycles. The van der Waals surface area contributed by atoms with E-state index in [0.29, 0.717) is 0 Å². The van der Waals surface area contributed by atoms with Gasteiger partial charge in [0.25, 0.3) is 0 Å². The molecule has 0 spiro atoms. The van der Waals surface area contributed by atoms with Crippen molar-refractivity contribution in [1.82, 2.24) is 0 Å². The molecule has 3 rings (SSSR count). The van der Waals surface area contributed by atoms with Crippen LogP contribution in [-0.2, 0) is 0 Å². The van der Waals surface area contributed by atoms with E-state index in [0.717, 1.165) is 49.5 Å². The summed E-state index contributed by atoms with van der Waals surface area (Å²) in [7, 11) is 0. The van der Waals surface area contributed by atoms with Crippen molar-refractivity contribution in [2.45, 2.75) is 0 Å². The van der Waals surface area contributed by atoms with Crippen molar-refractivity contribution in [2.24, 2.45) is 0 Å². The molecule has 2 aromatic carbocycles. The lowest BCUT2D eigenvalue weighted by atomic mass is 10.1. The fraction of sp³-hybridized carbons (Fsp3) is 0. The third-order valence-corrected chi connectivity index (χ3v) is 9.48. The molecule has 1 heterocycles. The van der Waals surface area contributed by atoms with Crippen LogP contribution in [0.15, 0.2) is 39.0 Å². The van der Waals surface area contributed by atoms with Gasteiger partial charge in [0, 0.05) is 29.0 Å². The fourth-order valence-electron chi connectivity index (χ4n) is 1.75. The van der Waals surface area contributed by atoms with Crippen molar-refractivity contribution in [3.63, 3.8) is 0 Å². The maximum Gasteiger partial charge on any atom is 0.186 e. The fourth-order valence-corrected chi connectivity index (χ4v) is 4.93. The summed E-state index contributed by atoms with van der Waals surface area (Å²) in [6.45, 7) is 0. The minimum atomic E-state index is 0.885. The molecule has 0 radical (unpaired) electrons. The van der Waals surface area contributed by atoms with Crippen LogP contribution in [-0.4, -0.2) is 0 Å². The first-order chi connectivity index (χ1) is 8.93. The summed E-state index contributed by atoms with van der Waals surface area (Å²) >= 11 is 21.4. The molecule has 0 aromatic heterocycles. The van der Waals surface area contributed by atoms with Crippen LogP contribution in [0.25, 0.3) is 11.1 Å². The van der Waals surface area contributed by atoms with Gasteiger partial charge >= 0.3 is 0 Å². The molecule has 1 nitrogen and oxygen atoms in total. The molecule has 0 atom stereocenters. The second-order valence-corrected chi connectivity index (χ2v) is 8.62. The van der Waals surface area contributed by atoms with Crippen LogP contribution in [0.5, 0.6) is 11.5 Å². The van der Waals surface area contributed by atoms with Crippen molar-refractivity contribution in [3.8, 4) is 22.6 Å².